The van der Waals surface area contributed by atoms with Crippen LogP contribution < -0.4 is 0 Å². The Balaban J connectivity index is 1.50. The van der Waals surface area contributed by atoms with Crippen molar-refractivity contribution in [3.8, 4) is 0 Å². The summed E-state index contributed by atoms with van der Waals surface area (Å²) < 4.78 is 27.6. The second-order valence-corrected chi connectivity index (χ2v) is 9.69. The Bertz CT molecular complexity index is 1110. The second kappa shape index (κ2) is 7.66. The number of rotatable bonds is 4. The highest BCUT2D eigenvalue weighted by molar-refractivity contribution is 7.89. The van der Waals surface area contributed by atoms with Gasteiger partial charge < -0.3 is 4.90 Å². The molecule has 1 fully saturated rings. The van der Waals surface area contributed by atoms with Crippen molar-refractivity contribution >= 4 is 38.0 Å². The van der Waals surface area contributed by atoms with E-state index in [1.165, 1.54) is 15.6 Å². The zero-order valence-electron chi connectivity index (χ0n) is 15.7. The van der Waals surface area contributed by atoms with Crippen LogP contribution in [0.15, 0.2) is 58.8 Å². The van der Waals surface area contributed by atoms with E-state index >= 15 is 0 Å². The van der Waals surface area contributed by atoms with Gasteiger partial charge in [0.2, 0.25) is 10.0 Å². The fourth-order valence-electron chi connectivity index (χ4n) is 3.55. The smallest absolute Gasteiger partial charge is 0.264 e. The summed E-state index contributed by atoms with van der Waals surface area (Å²) in [5.41, 5.74) is 1.06. The third kappa shape index (κ3) is 3.45. The van der Waals surface area contributed by atoms with Crippen LogP contribution in [0.3, 0.4) is 0 Å². The average Bonchev–Trinajstić information content (AvgIpc) is 3.22. The minimum atomic E-state index is -3.57. The molecule has 5 nitrogen and oxygen atoms in total. The molecule has 0 atom stereocenters. The Morgan fingerprint density at radius 2 is 1.71 bits per heavy atom. The van der Waals surface area contributed by atoms with Crippen LogP contribution in [0.25, 0.3) is 10.8 Å². The van der Waals surface area contributed by atoms with E-state index in [1.807, 2.05) is 48.7 Å². The molecular formula is C21H22N2O3S2. The molecule has 1 aliphatic heterocycles. The van der Waals surface area contributed by atoms with Crippen molar-refractivity contribution in [2.75, 3.05) is 26.2 Å². The van der Waals surface area contributed by atoms with Gasteiger partial charge in [0.15, 0.2) is 0 Å². The molecule has 1 aromatic heterocycles. The quantitative estimate of drug-likeness (QED) is 0.655. The minimum absolute atomic E-state index is 0.00889. The zero-order valence-corrected chi connectivity index (χ0v) is 17.3. The van der Waals surface area contributed by atoms with Gasteiger partial charge in [-0.05, 0) is 46.3 Å². The molecule has 0 radical (unpaired) electrons. The number of carbonyl (C=O) groups is 1. The predicted octanol–water partition coefficient (Wildman–Crippen LogP) is 3.61. The molecule has 2 heterocycles. The molecule has 3 aromatic rings. The first-order valence-electron chi connectivity index (χ1n) is 9.35. The van der Waals surface area contributed by atoms with Crippen LogP contribution in [0.2, 0.25) is 0 Å². The van der Waals surface area contributed by atoms with E-state index < -0.39 is 10.0 Å². The van der Waals surface area contributed by atoms with Gasteiger partial charge in [-0.3, -0.25) is 4.79 Å². The largest absolute Gasteiger partial charge is 0.335 e. The summed E-state index contributed by atoms with van der Waals surface area (Å²) in [6, 6.07) is 14.9. The maximum Gasteiger partial charge on any atom is 0.264 e. The van der Waals surface area contributed by atoms with E-state index in [1.54, 1.807) is 17.0 Å². The molecule has 1 saturated heterocycles. The number of sulfonamides is 1. The third-order valence-electron chi connectivity index (χ3n) is 5.21. The summed E-state index contributed by atoms with van der Waals surface area (Å²) in [7, 11) is -3.57. The van der Waals surface area contributed by atoms with Gasteiger partial charge >= 0.3 is 0 Å². The summed E-state index contributed by atoms with van der Waals surface area (Å²) in [6.07, 6.45) is 0.820. The van der Waals surface area contributed by atoms with Gasteiger partial charge in [-0.25, -0.2) is 8.42 Å². The van der Waals surface area contributed by atoms with E-state index in [-0.39, 0.29) is 5.91 Å². The monoisotopic (exact) mass is 414 g/mol. The van der Waals surface area contributed by atoms with Crippen LogP contribution in [0, 0.1) is 0 Å². The van der Waals surface area contributed by atoms with Gasteiger partial charge in [-0.2, -0.15) is 4.31 Å². The Hall–Kier alpha value is -2.22. The van der Waals surface area contributed by atoms with Gasteiger partial charge in [-0.15, -0.1) is 11.3 Å². The maximum atomic E-state index is 13.1. The molecule has 0 unspecified atom stereocenters. The number of thiophene rings is 1. The summed E-state index contributed by atoms with van der Waals surface area (Å²) in [4.78, 5) is 15.6. The first kappa shape index (κ1) is 19.1. The molecule has 0 N–H and O–H groups in total. The zero-order chi connectivity index (χ0) is 19.7. The normalized spacial score (nSPS) is 15.8. The van der Waals surface area contributed by atoms with Gasteiger partial charge in [0.05, 0.1) is 9.77 Å². The van der Waals surface area contributed by atoms with E-state index in [2.05, 4.69) is 0 Å². The third-order valence-corrected chi connectivity index (χ3v) is 8.05. The first-order valence-corrected chi connectivity index (χ1v) is 11.7. The number of carbonyl (C=O) groups excluding carboxylic acids is 1. The lowest BCUT2D eigenvalue weighted by atomic mass is 10.1. The SMILES string of the molecule is CCc1ccsc1C(=O)N1CCN(S(=O)(=O)c2ccc3ccccc3c2)CC1. The molecule has 0 bridgehead atoms. The van der Waals surface area contributed by atoms with Gasteiger partial charge in [0.25, 0.3) is 5.91 Å². The summed E-state index contributed by atoms with van der Waals surface area (Å²) in [5.74, 6) is 0.00889. The number of amides is 1. The molecule has 2 aromatic carbocycles. The highest BCUT2D eigenvalue weighted by atomic mass is 32.2. The van der Waals surface area contributed by atoms with Crippen LogP contribution >= 0.6 is 11.3 Å². The molecule has 0 aliphatic carbocycles. The fraction of sp³-hybridized carbons (Fsp3) is 0.286. The van der Waals surface area contributed by atoms with Gasteiger partial charge in [-0.1, -0.05) is 37.3 Å². The van der Waals surface area contributed by atoms with Crippen molar-refractivity contribution in [3.05, 3.63) is 64.4 Å². The molecule has 1 amide bonds. The number of piperazine rings is 1. The lowest BCUT2D eigenvalue weighted by Crippen LogP contribution is -2.50. The fourth-order valence-corrected chi connectivity index (χ4v) is 5.97. The molecule has 146 valence electrons. The van der Waals surface area contributed by atoms with E-state index in [4.69, 9.17) is 0 Å². The van der Waals surface area contributed by atoms with E-state index in [0.29, 0.717) is 31.1 Å². The standard InChI is InChI=1S/C21H22N2O3S2/c1-2-16-9-14-27-20(16)21(24)22-10-12-23(13-11-22)28(25,26)19-8-7-17-5-3-4-6-18(17)15-19/h3-9,14-15H,2,10-13H2,1H3. The van der Waals surface area contributed by atoms with E-state index in [9.17, 15) is 13.2 Å². The Labute approximate surface area is 169 Å². The second-order valence-electron chi connectivity index (χ2n) is 6.83. The molecule has 28 heavy (non-hydrogen) atoms. The number of aryl methyl sites for hydroxylation is 1. The Kier molecular flexibility index (Phi) is 5.23. The lowest BCUT2D eigenvalue weighted by molar-refractivity contribution is 0.0702. The van der Waals surface area contributed by atoms with Gasteiger partial charge in [0, 0.05) is 26.2 Å². The number of benzene rings is 2. The maximum absolute atomic E-state index is 13.1. The van der Waals surface area contributed by atoms with Crippen molar-refractivity contribution in [3.63, 3.8) is 0 Å². The van der Waals surface area contributed by atoms with Crippen molar-refractivity contribution in [1.82, 2.24) is 9.21 Å². The van der Waals surface area contributed by atoms with Crippen LogP contribution in [-0.2, 0) is 16.4 Å². The van der Waals surface area contributed by atoms with Crippen molar-refractivity contribution < 1.29 is 13.2 Å². The Morgan fingerprint density at radius 3 is 2.43 bits per heavy atom. The summed E-state index contributed by atoms with van der Waals surface area (Å²) in [5, 5.41) is 3.86. The van der Waals surface area contributed by atoms with Crippen molar-refractivity contribution in [2.24, 2.45) is 0 Å². The number of hydrogen-bond acceptors (Lipinski definition) is 4. The first-order chi connectivity index (χ1) is 13.5. The summed E-state index contributed by atoms with van der Waals surface area (Å²) >= 11 is 1.46. The highest BCUT2D eigenvalue weighted by Gasteiger charge is 2.31. The molecule has 0 saturated carbocycles. The van der Waals surface area contributed by atoms with Gasteiger partial charge in [0.1, 0.15) is 0 Å². The van der Waals surface area contributed by atoms with Crippen molar-refractivity contribution in [1.29, 1.82) is 0 Å². The Morgan fingerprint density at radius 1 is 1.00 bits per heavy atom. The molecule has 7 heteroatoms. The topological polar surface area (TPSA) is 57.7 Å². The molecule has 1 aliphatic rings. The average molecular weight is 415 g/mol. The van der Waals surface area contributed by atoms with Crippen LogP contribution in [0.4, 0.5) is 0 Å². The molecule has 0 spiro atoms. The van der Waals surface area contributed by atoms with Crippen LogP contribution in [0.5, 0.6) is 0 Å². The summed E-state index contributed by atoms with van der Waals surface area (Å²) in [6.45, 7) is 3.48. The minimum Gasteiger partial charge on any atom is -0.335 e. The van der Waals surface area contributed by atoms with E-state index in [0.717, 1.165) is 27.6 Å². The number of fused-ring (bicyclic) bond motifs is 1. The predicted molar refractivity (Wildman–Crippen MR) is 112 cm³/mol. The van der Waals surface area contributed by atoms with Crippen molar-refractivity contribution in [2.45, 2.75) is 18.2 Å². The highest BCUT2D eigenvalue weighted by Crippen LogP contribution is 2.24. The number of nitrogens with zero attached hydrogens (tertiary/aromatic N) is 2. The number of hydrogen-bond donors (Lipinski definition) is 0. The van der Waals surface area contributed by atoms with Crippen LogP contribution in [-0.4, -0.2) is 49.7 Å². The molecule has 4 rings (SSSR count). The lowest BCUT2D eigenvalue weighted by Gasteiger charge is -2.34. The molecular weight excluding hydrogens is 392 g/mol. The van der Waals surface area contributed by atoms with Crippen LogP contribution in [0.1, 0.15) is 22.2 Å².